The number of rotatable bonds is 22. The standard InChI is InChI=1S/3C19H26N2O3.C15H18N2O3.C7H7NO3.C7H11NO3.C6H9NO3.C4H9I.CH2S.CH4.Na.H/c3*1-14(2)11-20-9-8-19(10-17(20)22)13-21(18(19)23)12-15-4-6-16(24-3)7-5-15;1-20-12-4-2-11(3-5-12)9-17-10-15(14(17)19)6-7-16-13(18)8-15;1-4-2-5(7(10)11)3-6(9)8-4;1-11-7(10)5-2-3-8-6(9)4-5;8-5-3-4(6(9)10)1-2-7-5;1-4(2)3-5;1-2;;;/h3*4-7,14H,8-13H2,1-3H3;2-5H,6-10H2,1H3,(H,16,18);2-3H,1H3,(H,8,9)(H,10,11);5H,2-4H2,1H3,(H,8,9);4H,1-3H2,(H,7,8)(H,9,10);4H,3H2,1-2H3;1H2;1H4;;/q;;;;;;;;;;+1;-1/i;;;;;;;;;1T;;. The quantitative estimate of drug-likeness (QED) is 0.00955. The monoisotopic (exact) mass is 1990 g/mol. The number of aromatic carboxylic acids is 1. The maximum absolute atomic E-state index is 12.7. The zero-order valence-electron chi connectivity index (χ0n) is 82.3. The van der Waals surface area contributed by atoms with E-state index >= 15 is 0 Å². The second-order valence-electron chi connectivity index (χ2n) is 36.6. The molecule has 0 radical (unpaired) electrons. The molecule has 10 aliphatic rings. The van der Waals surface area contributed by atoms with Crippen molar-refractivity contribution in [2.45, 2.75) is 173 Å². The summed E-state index contributed by atoms with van der Waals surface area (Å²) in [7, 11) is 9.14. The first-order chi connectivity index (χ1) is 63.2. The Balaban J connectivity index is 0.000000330. The average molecular weight is 1990 g/mol. The van der Waals surface area contributed by atoms with Crippen molar-refractivity contribution < 1.29 is 129 Å². The molecule has 10 amide bonds. The van der Waals surface area contributed by atoms with Crippen LogP contribution in [0.25, 0.3) is 0 Å². The number of piperidine rings is 6. The van der Waals surface area contributed by atoms with Crippen molar-refractivity contribution >= 4 is 118 Å². The van der Waals surface area contributed by atoms with E-state index in [1.807, 2.05) is 131 Å². The van der Waals surface area contributed by atoms with E-state index in [4.69, 9.17) is 30.5 Å². The molecule has 0 bridgehead atoms. The van der Waals surface area contributed by atoms with E-state index in [2.05, 4.69) is 122 Å². The first kappa shape index (κ1) is 112. The molecule has 1 aromatic heterocycles. The first-order valence-corrected chi connectivity index (χ1v) is 46.8. The molecule has 15 rings (SSSR count). The largest absolute Gasteiger partial charge is 1.00 e. The molecule has 10 aliphatic heterocycles. The Bertz CT molecular complexity index is 4540. The summed E-state index contributed by atoms with van der Waals surface area (Å²) in [5, 5.41) is 24.9. The third-order valence-electron chi connectivity index (χ3n) is 24.3. The van der Waals surface area contributed by atoms with Crippen LogP contribution in [0.5, 0.6) is 23.0 Å². The molecule has 32 nitrogen and oxygen atoms in total. The number of carbonyl (C=O) groups is 13. The summed E-state index contributed by atoms with van der Waals surface area (Å²) in [6.07, 6.45) is 6.26. The predicted octanol–water partition coefficient (Wildman–Crippen LogP) is 7.95. The van der Waals surface area contributed by atoms with E-state index in [1.165, 1.54) is 25.0 Å². The number of aromatic amines is 1. The molecule has 6 N–H and O–H groups in total. The molecular formula is C98H139IN11NaO21S. The maximum Gasteiger partial charge on any atom is 1.00 e. The third-order valence-corrected chi connectivity index (χ3v) is 26.0. The number of benzene rings is 4. The maximum atomic E-state index is 12.7. The van der Waals surface area contributed by atoms with Gasteiger partial charge in [-0.1, -0.05) is 146 Å². The number of carbonyl (C=O) groups excluding carboxylic acids is 11. The third kappa shape index (κ3) is 32.9. The Hall–Kier alpha value is -10.0. The fourth-order valence-corrected chi connectivity index (χ4v) is 17.2. The fraction of sp³-hybridized carbons (Fsp3) is 0.561. The minimum atomic E-state index is -1.08. The summed E-state index contributed by atoms with van der Waals surface area (Å²) in [4.78, 5) is 178. The zero-order valence-corrected chi connectivity index (χ0v) is 85.3. The van der Waals surface area contributed by atoms with Gasteiger partial charge in [-0.3, -0.25) is 62.3 Å². The normalized spacial score (nSPS) is 21.9. The SMILES string of the molecule is C=S.CC(C)CI.COC(=O)C1CCNC(=O)C1.COc1ccc(CN2CC3(CCN(CC(C)C)C(=O)C3)C2=O)cc1.COc1ccc(CN2CC3(CCN(CC(C)C)C(=O)C3)C2=O)cc1.COc1ccc(CN2CC3(CCN(CC(C)C)C(=O)C3)C2=O)cc1.COc1ccc(CN2CC3(CCNC(=O)C3)C2=O)cc1.Cc1cc(C(=O)O)cc(=O)[nH]1.O=C1CC(C(=O)O)CCN1.[3H]C.[H-].[Na+]. The van der Waals surface area contributed by atoms with Crippen LogP contribution in [0.2, 0.25) is 0 Å². The number of amides is 10. The number of pyridine rings is 1. The molecular weight excluding hydrogens is 1850 g/mol. The van der Waals surface area contributed by atoms with Crippen LogP contribution in [-0.4, -0.2) is 257 Å². The molecule has 6 unspecified atom stereocenters. The van der Waals surface area contributed by atoms with Crippen LogP contribution in [0.3, 0.4) is 0 Å². The van der Waals surface area contributed by atoms with Gasteiger partial charge in [0.05, 0.1) is 74.6 Å². The number of nitrogens with zero attached hydrogens (tertiary/aromatic N) is 7. The Morgan fingerprint density at radius 3 is 0.985 bits per heavy atom. The number of methoxy groups -OCH3 is 5. The van der Waals surface area contributed by atoms with Crippen molar-refractivity contribution in [3.05, 3.63) is 153 Å². The van der Waals surface area contributed by atoms with Gasteiger partial charge in [-0.05, 0) is 152 Å². The van der Waals surface area contributed by atoms with Crippen molar-refractivity contribution in [1.82, 2.24) is 55.2 Å². The van der Waals surface area contributed by atoms with Gasteiger partial charge in [-0.15, -0.1) is 0 Å². The number of aryl methyl sites for hydroxylation is 1. The number of H-pyrrole nitrogens is 1. The first-order valence-electron chi connectivity index (χ1n) is 45.7. The molecule has 4 aromatic carbocycles. The van der Waals surface area contributed by atoms with E-state index in [0.717, 1.165) is 103 Å². The fourth-order valence-electron chi connectivity index (χ4n) is 17.2. The summed E-state index contributed by atoms with van der Waals surface area (Å²) >= 11 is 6.21. The molecule has 11 heterocycles. The van der Waals surface area contributed by atoms with E-state index in [9.17, 15) is 67.1 Å². The van der Waals surface area contributed by atoms with E-state index in [1.54, 1.807) is 35.4 Å². The van der Waals surface area contributed by atoms with Gasteiger partial charge in [-0.25, -0.2) is 4.79 Å². The number of hydrogen-bond donors (Lipinski definition) is 6. The van der Waals surface area contributed by atoms with Crippen LogP contribution in [-0.2, 0) is 88.5 Å². The van der Waals surface area contributed by atoms with E-state index < -0.39 is 39.5 Å². The minimum Gasteiger partial charge on any atom is -1.00 e. The summed E-state index contributed by atoms with van der Waals surface area (Å²) in [5.74, 6) is 6.12. The summed E-state index contributed by atoms with van der Waals surface area (Å²) in [6.45, 7) is 30.1. The van der Waals surface area contributed by atoms with Crippen LogP contribution < -0.4 is 70.0 Å². The van der Waals surface area contributed by atoms with Gasteiger partial charge in [0, 0.05) is 167 Å². The number of hydrogen-bond acceptors (Lipinski definition) is 20. The number of aromatic nitrogens is 1. The van der Waals surface area contributed by atoms with Crippen LogP contribution in [0.15, 0.2) is 114 Å². The van der Waals surface area contributed by atoms with Crippen LogP contribution in [0, 0.1) is 64.1 Å². The van der Waals surface area contributed by atoms with Crippen LogP contribution in [0.1, 0.15) is 181 Å². The summed E-state index contributed by atoms with van der Waals surface area (Å²) < 4.78 is 32.1. The second-order valence-corrected chi connectivity index (χ2v) is 37.5. The van der Waals surface area contributed by atoms with Crippen LogP contribution in [0.4, 0.5) is 0 Å². The molecule has 0 saturated carbocycles. The van der Waals surface area contributed by atoms with Crippen molar-refractivity contribution in [3.63, 3.8) is 0 Å². The number of β-lactam (4-membered cyclic amide) rings is 4. The van der Waals surface area contributed by atoms with Gasteiger partial charge in [0.25, 0.3) is 0 Å². The van der Waals surface area contributed by atoms with Gasteiger partial charge in [0.1, 0.15) is 23.0 Å². The van der Waals surface area contributed by atoms with Gasteiger partial charge in [0.15, 0.2) is 0 Å². The molecule has 6 atom stereocenters. The Morgan fingerprint density at radius 2 is 0.752 bits per heavy atom. The number of thiocarbonyl (C=S) groups is 1. The topological polar surface area (TPSA) is 400 Å². The molecule has 133 heavy (non-hydrogen) atoms. The number of likely N-dealkylation sites (tertiary alicyclic amines) is 7. The number of carboxylic acid groups (broad SMARTS) is 2. The van der Waals surface area contributed by atoms with Gasteiger partial charge in [0.2, 0.25) is 64.6 Å². The Morgan fingerprint density at radius 1 is 0.459 bits per heavy atom. The summed E-state index contributed by atoms with van der Waals surface area (Å²) in [6, 6.07) is 33.5. The number of carboxylic acids is 2. The molecule has 35 heteroatoms. The van der Waals surface area contributed by atoms with Crippen molar-refractivity contribution in [1.29, 1.82) is 0 Å². The second kappa shape index (κ2) is 53.9. The molecule has 726 valence electrons. The smallest absolute Gasteiger partial charge is 1.00 e. The number of alkyl halides is 1. The molecule has 4 spiro atoms. The predicted molar refractivity (Wildman–Crippen MR) is 514 cm³/mol. The molecule has 10 fully saturated rings. The van der Waals surface area contributed by atoms with Gasteiger partial charge in [-0.2, -0.15) is 0 Å². The Kier molecular flexibility index (Phi) is 45.3. The Labute approximate surface area is 826 Å². The van der Waals surface area contributed by atoms with Crippen LogP contribution >= 0.6 is 34.8 Å². The van der Waals surface area contributed by atoms with Crippen molar-refractivity contribution in [3.8, 4) is 23.0 Å². The minimum absolute atomic E-state index is 0. The summed E-state index contributed by atoms with van der Waals surface area (Å²) in [5.41, 5.74) is 2.80. The number of halogens is 1. The van der Waals surface area contributed by atoms with Crippen molar-refractivity contribution in [2.75, 3.05) is 125 Å². The molecule has 10 saturated heterocycles. The van der Waals surface area contributed by atoms with Gasteiger partial charge >= 0.3 is 47.5 Å². The van der Waals surface area contributed by atoms with Crippen molar-refractivity contribution in [2.24, 2.45) is 57.2 Å². The number of esters is 1. The van der Waals surface area contributed by atoms with E-state index in [0.29, 0.717) is 154 Å². The van der Waals surface area contributed by atoms with Gasteiger partial charge < -0.3 is 90.6 Å². The molecule has 0 aliphatic carbocycles. The average Bonchev–Trinajstić information content (AvgIpc) is 0.752. The number of nitrogens with one attached hydrogen (secondary N) is 4. The zero-order chi connectivity index (χ0) is 98.7. The number of ether oxygens (including phenoxy) is 5. The van der Waals surface area contributed by atoms with E-state index in [-0.39, 0.29) is 126 Å². The molecule has 5 aromatic rings. The number of aliphatic carboxylic acids is 1.